The average molecular weight is 954 g/mol. The second-order valence-electron chi connectivity index (χ2n) is 20.3. The number of benzene rings is 3. The number of carbonyl (C=O) groups is 3. The molecule has 5 aliphatic heterocycles. The maximum absolute atomic E-state index is 14.8. The SMILES string of the molecule is COC1/C=C/OC2(C)Oc3c(C)c(O)c4c(O)c(c(N5CCN(Cc6c(C)cc(C)cc6C)CC5)c(O)c4c3C2=O)NC(=O)/C(C)=C\C=C\C(C)C2OC(C)(C)OC(C2C)C(C)C(OC(C)=O)C1C. The second-order valence-corrected chi connectivity index (χ2v) is 20.3. The highest BCUT2D eigenvalue weighted by atomic mass is 16.7. The van der Waals surface area contributed by atoms with Crippen molar-refractivity contribution < 1.29 is 58.1 Å². The number of carbonyl (C=O) groups excluding carboxylic acids is 3. The third-order valence-electron chi connectivity index (χ3n) is 14.6. The fraction of sp³-hybridized carbons (Fsp3) is 0.537. The summed E-state index contributed by atoms with van der Waals surface area (Å²) in [6.07, 6.45) is 6.12. The molecule has 1 amide bonds. The van der Waals surface area contributed by atoms with Crippen LogP contribution in [-0.4, -0.2) is 107 Å². The lowest BCUT2D eigenvalue weighted by Gasteiger charge is -2.50. The first kappa shape index (κ1) is 51.2. The maximum atomic E-state index is 14.8. The Morgan fingerprint density at radius 2 is 1.48 bits per heavy atom. The number of ketones is 1. The molecule has 0 radical (unpaired) electrons. The van der Waals surface area contributed by atoms with Crippen molar-refractivity contribution in [2.75, 3.05) is 43.5 Å². The number of fused-ring (bicyclic) bond motifs is 10. The van der Waals surface area contributed by atoms with Gasteiger partial charge in [-0.2, -0.15) is 0 Å². The second kappa shape index (κ2) is 19.6. The van der Waals surface area contributed by atoms with Gasteiger partial charge in [-0.3, -0.25) is 19.3 Å². The molecule has 5 aliphatic rings. The van der Waals surface area contributed by atoms with E-state index in [1.54, 1.807) is 25.2 Å². The Kier molecular flexibility index (Phi) is 14.6. The monoisotopic (exact) mass is 954 g/mol. The Hall–Kier alpha value is -5.61. The molecule has 15 nitrogen and oxygen atoms in total. The van der Waals surface area contributed by atoms with Crippen molar-refractivity contribution in [3.63, 3.8) is 0 Å². The largest absolute Gasteiger partial charge is 0.507 e. The van der Waals surface area contributed by atoms with Gasteiger partial charge in [0.2, 0.25) is 0 Å². The number of nitrogens with zero attached hydrogens (tertiary/aromatic N) is 2. The minimum atomic E-state index is -2.01. The number of nitrogens with one attached hydrogen (secondary N) is 1. The lowest BCUT2D eigenvalue weighted by molar-refractivity contribution is -0.336. The van der Waals surface area contributed by atoms with E-state index < -0.39 is 70.7 Å². The minimum absolute atomic E-state index is 0.0375. The highest BCUT2D eigenvalue weighted by Gasteiger charge is 2.51. The molecule has 7 bridgehead atoms. The van der Waals surface area contributed by atoms with Gasteiger partial charge in [-0.25, -0.2) is 0 Å². The van der Waals surface area contributed by atoms with E-state index >= 15 is 0 Å². The van der Waals surface area contributed by atoms with Gasteiger partial charge >= 0.3 is 11.8 Å². The number of aryl methyl sites for hydroxylation is 3. The van der Waals surface area contributed by atoms with Crippen molar-refractivity contribution in [1.82, 2.24) is 4.90 Å². The van der Waals surface area contributed by atoms with E-state index in [0.29, 0.717) is 32.7 Å². The van der Waals surface area contributed by atoms with Gasteiger partial charge in [0.15, 0.2) is 11.5 Å². The Balaban J connectivity index is 1.35. The number of anilines is 2. The molecule has 4 N–H and O–H groups in total. The number of Topliss-reactive ketones (excluding diaryl/α,β-unsaturated/α-hetero) is 1. The van der Waals surface area contributed by atoms with Crippen molar-refractivity contribution in [3.8, 4) is 23.0 Å². The number of rotatable bonds is 5. The Bertz CT molecular complexity index is 2590. The minimum Gasteiger partial charge on any atom is -0.507 e. The van der Waals surface area contributed by atoms with Gasteiger partial charge in [-0.1, -0.05) is 63.6 Å². The quantitative estimate of drug-likeness (QED) is 0.108. The number of piperazine rings is 1. The smallest absolute Gasteiger partial charge is 0.312 e. The molecule has 0 spiro atoms. The molecule has 0 aromatic heterocycles. The number of hydrogen-bond donors (Lipinski definition) is 4. The lowest BCUT2D eigenvalue weighted by atomic mass is 9.77. The van der Waals surface area contributed by atoms with E-state index in [1.807, 2.05) is 52.5 Å². The number of methoxy groups -OCH3 is 1. The lowest BCUT2D eigenvalue weighted by Crippen LogP contribution is -2.56. The van der Waals surface area contributed by atoms with Crippen molar-refractivity contribution in [2.24, 2.45) is 23.7 Å². The molecule has 3 aromatic rings. The van der Waals surface area contributed by atoms with Crippen LogP contribution in [0.25, 0.3) is 10.8 Å². The number of phenols is 3. The third kappa shape index (κ3) is 9.80. The summed E-state index contributed by atoms with van der Waals surface area (Å²) in [5, 5.41) is 39.3. The van der Waals surface area contributed by atoms with Crippen LogP contribution in [-0.2, 0) is 39.8 Å². The highest BCUT2D eigenvalue weighted by molar-refractivity contribution is 6.23. The molecule has 9 atom stereocenters. The first-order chi connectivity index (χ1) is 32.4. The normalized spacial score (nSPS) is 30.6. The highest BCUT2D eigenvalue weighted by Crippen LogP contribution is 2.58. The van der Waals surface area contributed by atoms with Crippen LogP contribution in [0.2, 0.25) is 0 Å². The topological polar surface area (TPSA) is 186 Å². The first-order valence-electron chi connectivity index (χ1n) is 24.0. The van der Waals surface area contributed by atoms with Crippen LogP contribution in [0.5, 0.6) is 23.0 Å². The number of aromatic hydroxyl groups is 3. The van der Waals surface area contributed by atoms with Gasteiger partial charge in [0.25, 0.3) is 11.7 Å². The van der Waals surface area contributed by atoms with Crippen LogP contribution in [0.1, 0.15) is 100 Å². The molecule has 2 saturated heterocycles. The molecule has 3 aromatic carbocycles. The van der Waals surface area contributed by atoms with Crippen LogP contribution in [0, 0.1) is 51.4 Å². The predicted octanol–water partition coefficient (Wildman–Crippen LogP) is 8.80. The number of allylic oxidation sites excluding steroid dienone is 2. The van der Waals surface area contributed by atoms with E-state index in [2.05, 4.69) is 43.1 Å². The van der Waals surface area contributed by atoms with E-state index in [4.69, 9.17) is 28.4 Å². The predicted molar refractivity (Wildman–Crippen MR) is 264 cm³/mol. The fourth-order valence-corrected chi connectivity index (χ4v) is 10.9. The first-order valence-corrected chi connectivity index (χ1v) is 24.0. The van der Waals surface area contributed by atoms with Crippen LogP contribution in [0.4, 0.5) is 11.4 Å². The van der Waals surface area contributed by atoms with E-state index in [1.165, 1.54) is 56.4 Å². The molecule has 15 heteroatoms. The number of ether oxygens (including phenoxy) is 6. The average Bonchev–Trinajstić information content (AvgIpc) is 3.55. The van der Waals surface area contributed by atoms with Crippen molar-refractivity contribution in [2.45, 2.75) is 133 Å². The standard InChI is InChI=1S/C54H71N3O12/c1-27-24-30(4)37(31(5)25-27)26-56-19-21-57(22-20-56)43-42-45(60)40-39(46(43)61)41-50(33(7)44(40)59)69-54(13,51(41)62)65-23-18-38(64-14)32(6)48(66-36(10)58)35(9)49-34(8)47(67-53(11,12)68-49)28(2)16-15-17-29(3)52(63)55-42/h15-18,23-25,28,32,34-35,38,47-49,59-61H,19-22,26H2,1-14H3,(H,55,63)/b16-15+,23-18+,29-17-. The Morgan fingerprint density at radius 3 is 2.10 bits per heavy atom. The zero-order valence-corrected chi connectivity index (χ0v) is 42.6. The number of phenolic OH excluding ortho intramolecular Hbond substituents is 3. The molecule has 5 heterocycles. The summed E-state index contributed by atoms with van der Waals surface area (Å²) in [7, 11) is 1.52. The summed E-state index contributed by atoms with van der Waals surface area (Å²) < 4.78 is 37.6. The van der Waals surface area contributed by atoms with Gasteiger partial charge in [0, 0.05) is 93.9 Å². The summed E-state index contributed by atoms with van der Waals surface area (Å²) in [4.78, 5) is 46.0. The van der Waals surface area contributed by atoms with Crippen LogP contribution >= 0.6 is 0 Å². The number of hydrogen-bond acceptors (Lipinski definition) is 14. The van der Waals surface area contributed by atoms with Gasteiger partial charge in [-0.15, -0.1) is 0 Å². The zero-order valence-electron chi connectivity index (χ0n) is 42.6. The van der Waals surface area contributed by atoms with Gasteiger partial charge in [0.05, 0.1) is 35.5 Å². The summed E-state index contributed by atoms with van der Waals surface area (Å²) in [6.45, 7) is 26.6. The molecule has 69 heavy (non-hydrogen) atoms. The summed E-state index contributed by atoms with van der Waals surface area (Å²) in [5.74, 6) is -7.39. The van der Waals surface area contributed by atoms with Crippen LogP contribution in [0.3, 0.4) is 0 Å². The zero-order chi connectivity index (χ0) is 50.6. The Labute approximate surface area is 406 Å². The summed E-state index contributed by atoms with van der Waals surface area (Å²) in [5.41, 5.74) is 5.12. The molecule has 374 valence electrons. The molecule has 0 aliphatic carbocycles. The number of esters is 1. The van der Waals surface area contributed by atoms with Crippen molar-refractivity contribution >= 4 is 39.8 Å². The van der Waals surface area contributed by atoms with E-state index in [-0.39, 0.29) is 68.5 Å². The van der Waals surface area contributed by atoms with E-state index in [0.717, 1.165) is 0 Å². The molecular formula is C54H71N3O12. The molecular weight excluding hydrogens is 883 g/mol. The molecule has 0 saturated carbocycles. The van der Waals surface area contributed by atoms with Crippen LogP contribution < -0.4 is 15.0 Å². The summed E-state index contributed by atoms with van der Waals surface area (Å²) in [6, 6.07) is 4.36. The molecule has 8 rings (SSSR count). The van der Waals surface area contributed by atoms with Crippen LogP contribution in [0.15, 0.2) is 48.3 Å². The van der Waals surface area contributed by atoms with Gasteiger partial charge in [-0.05, 0) is 71.2 Å². The summed E-state index contributed by atoms with van der Waals surface area (Å²) >= 11 is 0. The molecule has 9 unspecified atom stereocenters. The van der Waals surface area contributed by atoms with Crippen molar-refractivity contribution in [1.29, 1.82) is 0 Å². The maximum Gasteiger partial charge on any atom is 0.312 e. The third-order valence-corrected chi connectivity index (χ3v) is 14.6. The van der Waals surface area contributed by atoms with Crippen molar-refractivity contribution in [3.05, 3.63) is 81.7 Å². The van der Waals surface area contributed by atoms with E-state index in [9.17, 15) is 29.7 Å². The number of amides is 1. The van der Waals surface area contributed by atoms with Gasteiger partial charge in [0.1, 0.15) is 34.7 Å². The van der Waals surface area contributed by atoms with Gasteiger partial charge < -0.3 is 54.0 Å². The Morgan fingerprint density at radius 1 is 0.841 bits per heavy atom. The molecule has 2 fully saturated rings. The fourth-order valence-electron chi connectivity index (χ4n) is 10.9.